The van der Waals surface area contributed by atoms with Crippen molar-refractivity contribution in [2.75, 3.05) is 0 Å². The standard InChI is InChI=1S/C8H6N.C5H5.5CH3.2ClH.Ti/c1-2-4-8-7(3-1)5-6-9-8;1-2-4-5-3-1;;;;;;;;/h1-5,9H;1-3H,4H2;5*1H3;2*1H;/q7*-1;;;. The third kappa shape index (κ3) is 14.5. The van der Waals surface area contributed by atoms with Gasteiger partial charge in [0.05, 0.1) is 0 Å². The van der Waals surface area contributed by atoms with Gasteiger partial charge in [-0.15, -0.1) is 55.1 Å². The van der Waals surface area contributed by atoms with Crippen LogP contribution in [-0.2, 0) is 21.7 Å². The molecule has 1 N–H and O–H groups in total. The van der Waals surface area contributed by atoms with Gasteiger partial charge in [0, 0.05) is 21.7 Å². The number of allylic oxidation sites excluding steroid dienone is 4. The molecule has 0 spiro atoms. The monoisotopic (exact) mass is 376 g/mol. The van der Waals surface area contributed by atoms with Crippen LogP contribution in [0.3, 0.4) is 0 Å². The Hall–Kier alpha value is -0.466. The second-order valence-corrected chi connectivity index (χ2v) is 3.00. The van der Waals surface area contributed by atoms with Gasteiger partial charge >= 0.3 is 0 Å². The van der Waals surface area contributed by atoms with Gasteiger partial charge in [0.2, 0.25) is 0 Å². The van der Waals surface area contributed by atoms with Gasteiger partial charge in [-0.3, -0.25) is 6.08 Å². The fourth-order valence-corrected chi connectivity index (χ4v) is 1.27. The SMILES string of the molecule is Cl.Cl.[C-]1=CC=CC1.[CH3-].[CH3-].[CH3-].[CH3-].[CH3-].[Ti].[c-]1cc2ccccc2[nH]1. The zero-order valence-electron chi connectivity index (χ0n) is 14.1. The Balaban J connectivity index is -0.0000000319. The van der Waals surface area contributed by atoms with Crippen LogP contribution in [0.15, 0.2) is 48.6 Å². The molecule has 1 heterocycles. The summed E-state index contributed by atoms with van der Waals surface area (Å²) in [5.74, 6) is 0. The van der Waals surface area contributed by atoms with E-state index in [4.69, 9.17) is 0 Å². The molecule has 0 amide bonds. The van der Waals surface area contributed by atoms with E-state index in [9.17, 15) is 0 Å². The van der Waals surface area contributed by atoms with E-state index in [0.717, 1.165) is 11.9 Å². The van der Waals surface area contributed by atoms with Crippen LogP contribution in [0.2, 0.25) is 0 Å². The molecular weight excluding hydrogens is 349 g/mol. The van der Waals surface area contributed by atoms with E-state index in [0.29, 0.717) is 0 Å². The minimum absolute atomic E-state index is 0. The van der Waals surface area contributed by atoms with Gasteiger partial charge in [0.1, 0.15) is 0 Å². The van der Waals surface area contributed by atoms with Gasteiger partial charge in [0.25, 0.3) is 0 Å². The number of para-hydroxylation sites is 1. The van der Waals surface area contributed by atoms with Crippen LogP contribution in [0.4, 0.5) is 0 Å². The Kier molecular flexibility index (Phi) is 49.8. The Labute approximate surface area is 166 Å². The quantitative estimate of drug-likeness (QED) is 0.406. The van der Waals surface area contributed by atoms with Gasteiger partial charge in [-0.25, -0.2) is 12.2 Å². The number of halogens is 2. The van der Waals surface area contributed by atoms with Crippen LogP contribution in [0.25, 0.3) is 10.9 Å². The van der Waals surface area contributed by atoms with Crippen LogP contribution in [0, 0.1) is 49.4 Å². The number of aromatic nitrogens is 1. The maximum atomic E-state index is 2.99. The van der Waals surface area contributed by atoms with Gasteiger partial charge in [0.15, 0.2) is 0 Å². The molecule has 0 bridgehead atoms. The van der Waals surface area contributed by atoms with Crippen LogP contribution in [-0.4, -0.2) is 4.98 Å². The number of nitrogens with one attached hydrogen (secondary N) is 1. The summed E-state index contributed by atoms with van der Waals surface area (Å²) in [6.07, 6.45) is 12.9. The molecule has 0 fully saturated rings. The molecule has 0 aliphatic heterocycles. The molecule has 22 heavy (non-hydrogen) atoms. The van der Waals surface area contributed by atoms with E-state index in [1.54, 1.807) is 0 Å². The summed E-state index contributed by atoms with van der Waals surface area (Å²) in [5.41, 5.74) is 1.15. The Morgan fingerprint density at radius 1 is 0.909 bits per heavy atom. The molecule has 4 heteroatoms. The summed E-state index contributed by atoms with van der Waals surface area (Å²) >= 11 is 0. The van der Waals surface area contributed by atoms with Crippen molar-refractivity contribution in [1.29, 1.82) is 0 Å². The number of hydrogen-bond acceptors (Lipinski definition) is 0. The van der Waals surface area contributed by atoms with E-state index in [1.807, 2.05) is 36.4 Å². The smallest absolute Gasteiger partial charge is 0 e. The van der Waals surface area contributed by atoms with E-state index in [-0.39, 0.29) is 83.7 Å². The second-order valence-electron chi connectivity index (χ2n) is 3.00. The molecule has 2 aromatic rings. The minimum Gasteiger partial charge on any atom is -0.477 e. The second kappa shape index (κ2) is 25.5. The third-order valence-electron chi connectivity index (χ3n) is 1.98. The van der Waals surface area contributed by atoms with Crippen LogP contribution >= 0.6 is 24.8 Å². The van der Waals surface area contributed by atoms with Crippen LogP contribution < -0.4 is 0 Å². The predicted octanol–water partition coefficient (Wildman–Crippen LogP) is 6.37. The van der Waals surface area contributed by atoms with Crippen molar-refractivity contribution in [2.24, 2.45) is 0 Å². The van der Waals surface area contributed by atoms with Crippen LogP contribution in [0.5, 0.6) is 0 Å². The first-order chi connectivity index (χ1) is 6.97. The summed E-state index contributed by atoms with van der Waals surface area (Å²) in [7, 11) is 0. The summed E-state index contributed by atoms with van der Waals surface area (Å²) in [5, 5.41) is 1.22. The Bertz CT molecular complexity index is 425. The average Bonchev–Trinajstić information content (AvgIpc) is 2.92. The number of hydrogen-bond donors (Lipinski definition) is 1. The molecule has 130 valence electrons. The van der Waals surface area contributed by atoms with Crippen LogP contribution in [0.1, 0.15) is 6.42 Å². The number of aromatic amines is 1. The predicted molar refractivity (Wildman–Crippen MR) is 105 cm³/mol. The Morgan fingerprint density at radius 3 is 1.91 bits per heavy atom. The van der Waals surface area contributed by atoms with Gasteiger partial charge < -0.3 is 42.1 Å². The molecule has 0 saturated carbocycles. The molecule has 1 nitrogen and oxygen atoms in total. The van der Waals surface area contributed by atoms with Gasteiger partial charge in [-0.2, -0.15) is 17.5 Å². The van der Waals surface area contributed by atoms with Crippen molar-refractivity contribution in [3.05, 3.63) is 98.0 Å². The molecule has 3 rings (SSSR count). The molecular formula is C18H28Cl2NTi-7. The first-order valence-corrected chi connectivity index (χ1v) is 4.62. The zero-order chi connectivity index (χ0) is 9.64. The maximum absolute atomic E-state index is 2.99. The minimum atomic E-state index is 0. The molecule has 0 saturated heterocycles. The molecule has 1 aromatic heterocycles. The van der Waals surface area contributed by atoms with E-state index < -0.39 is 0 Å². The van der Waals surface area contributed by atoms with Crippen molar-refractivity contribution in [3.8, 4) is 0 Å². The largest absolute Gasteiger partial charge is 0.477 e. The molecule has 0 unspecified atom stereocenters. The maximum Gasteiger partial charge on any atom is 0 e. The zero-order valence-corrected chi connectivity index (χ0v) is 17.3. The summed E-state index contributed by atoms with van der Waals surface area (Å²) in [6.45, 7) is 0. The third-order valence-corrected chi connectivity index (χ3v) is 1.98. The summed E-state index contributed by atoms with van der Waals surface area (Å²) < 4.78 is 0. The summed E-state index contributed by atoms with van der Waals surface area (Å²) in [6, 6.07) is 10.1. The normalized spacial score (nSPS) is 8.18. The van der Waals surface area contributed by atoms with Gasteiger partial charge in [-0.1, -0.05) is 12.1 Å². The number of rotatable bonds is 0. The van der Waals surface area contributed by atoms with Crippen molar-refractivity contribution in [3.63, 3.8) is 0 Å². The molecule has 1 aromatic carbocycles. The average molecular weight is 377 g/mol. The first-order valence-electron chi connectivity index (χ1n) is 4.62. The fraction of sp³-hybridized carbons (Fsp3) is 0.0556. The fourth-order valence-electron chi connectivity index (χ4n) is 1.27. The van der Waals surface area contributed by atoms with Crippen molar-refractivity contribution in [1.82, 2.24) is 4.98 Å². The van der Waals surface area contributed by atoms with E-state index >= 15 is 0 Å². The number of benzene rings is 1. The summed E-state index contributed by atoms with van der Waals surface area (Å²) in [4.78, 5) is 2.99. The van der Waals surface area contributed by atoms with Crippen molar-refractivity contribution < 1.29 is 21.7 Å². The molecule has 0 radical (unpaired) electrons. The van der Waals surface area contributed by atoms with E-state index in [2.05, 4.69) is 29.4 Å². The van der Waals surface area contributed by atoms with E-state index in [1.165, 1.54) is 5.39 Å². The molecule has 1 aliphatic rings. The number of H-pyrrole nitrogens is 1. The molecule has 1 aliphatic carbocycles. The Morgan fingerprint density at radius 2 is 1.50 bits per heavy atom. The first kappa shape index (κ1) is 43.0. The van der Waals surface area contributed by atoms with Crippen molar-refractivity contribution >= 4 is 35.7 Å². The number of fused-ring (bicyclic) bond motifs is 1. The van der Waals surface area contributed by atoms with Gasteiger partial charge in [-0.05, 0) is 0 Å². The molecule has 0 atom stereocenters. The topological polar surface area (TPSA) is 15.8 Å². The van der Waals surface area contributed by atoms with Crippen molar-refractivity contribution in [2.45, 2.75) is 6.42 Å².